The molecule has 1 unspecified atom stereocenters. The number of hydrogen-bond acceptors (Lipinski definition) is 2. The van der Waals surface area contributed by atoms with Gasteiger partial charge in [0.1, 0.15) is 0 Å². The fraction of sp³-hybridized carbons (Fsp3) is 0.667. The quantitative estimate of drug-likeness (QED) is 0.447. The second-order valence-electron chi connectivity index (χ2n) is 6.51. The molecule has 19 heavy (non-hydrogen) atoms. The molecule has 110 valence electrons. The third kappa shape index (κ3) is 6.73. The maximum atomic E-state index is 10.6. The van der Waals surface area contributed by atoms with Crippen LogP contribution in [0.2, 0.25) is 18.1 Å². The Morgan fingerprint density at radius 3 is 2.32 bits per heavy atom. The van der Waals surface area contributed by atoms with Crippen molar-refractivity contribution in [3.8, 4) is 0 Å². The summed E-state index contributed by atoms with van der Waals surface area (Å²) in [6, 6.07) is 0. The third-order valence-electron chi connectivity index (χ3n) is 3.59. The standard InChI is InChI=1S/C15H28O3Si/c1-12(14(16)17)10-8-9-11-13(2)18-19(6,7)15(3,4)5/h8-10,13H,11H2,1-7H3,(H,16,17)/b9-8+,12-10+. The van der Waals surface area contributed by atoms with E-state index in [-0.39, 0.29) is 11.1 Å². The van der Waals surface area contributed by atoms with Gasteiger partial charge in [-0.25, -0.2) is 4.79 Å². The van der Waals surface area contributed by atoms with Gasteiger partial charge in [-0.1, -0.05) is 39.0 Å². The van der Waals surface area contributed by atoms with Crippen LogP contribution in [-0.2, 0) is 9.22 Å². The van der Waals surface area contributed by atoms with Crippen molar-refractivity contribution >= 4 is 14.3 Å². The van der Waals surface area contributed by atoms with Crippen molar-refractivity contribution in [2.45, 2.75) is 65.3 Å². The Labute approximate surface area is 118 Å². The normalized spacial score (nSPS) is 15.8. The van der Waals surface area contributed by atoms with Crippen LogP contribution in [0, 0.1) is 0 Å². The number of rotatable bonds is 6. The van der Waals surface area contributed by atoms with Gasteiger partial charge in [0.2, 0.25) is 0 Å². The molecule has 0 rings (SSSR count). The Hall–Kier alpha value is -0.873. The zero-order valence-electron chi connectivity index (χ0n) is 13.3. The molecule has 0 amide bonds. The number of carboxylic acid groups (broad SMARTS) is 1. The van der Waals surface area contributed by atoms with Crippen molar-refractivity contribution in [2.24, 2.45) is 0 Å². The first kappa shape index (κ1) is 18.1. The number of carbonyl (C=O) groups is 1. The Morgan fingerprint density at radius 1 is 1.37 bits per heavy atom. The van der Waals surface area contributed by atoms with Gasteiger partial charge in [0, 0.05) is 11.7 Å². The minimum atomic E-state index is -1.71. The average Bonchev–Trinajstić information content (AvgIpc) is 2.21. The van der Waals surface area contributed by atoms with Crippen LogP contribution < -0.4 is 0 Å². The van der Waals surface area contributed by atoms with E-state index in [1.54, 1.807) is 19.1 Å². The summed E-state index contributed by atoms with van der Waals surface area (Å²) in [5.41, 5.74) is 0.342. The van der Waals surface area contributed by atoms with Crippen LogP contribution in [0.3, 0.4) is 0 Å². The van der Waals surface area contributed by atoms with E-state index in [1.807, 2.05) is 6.08 Å². The van der Waals surface area contributed by atoms with Gasteiger partial charge in [0.15, 0.2) is 8.32 Å². The molecule has 0 aliphatic heterocycles. The number of hydrogen-bond donors (Lipinski definition) is 1. The highest BCUT2D eigenvalue weighted by Gasteiger charge is 2.38. The van der Waals surface area contributed by atoms with Crippen LogP contribution >= 0.6 is 0 Å². The molecule has 4 heteroatoms. The summed E-state index contributed by atoms with van der Waals surface area (Å²) >= 11 is 0. The van der Waals surface area contributed by atoms with Gasteiger partial charge in [0.25, 0.3) is 0 Å². The molecule has 1 atom stereocenters. The SMILES string of the molecule is C/C(=C\C=C\CC(C)O[Si](C)(C)C(C)(C)C)C(=O)O. The van der Waals surface area contributed by atoms with E-state index in [9.17, 15) is 4.79 Å². The Kier molecular flexibility index (Phi) is 6.73. The summed E-state index contributed by atoms with van der Waals surface area (Å²) in [7, 11) is -1.71. The van der Waals surface area contributed by atoms with Crippen molar-refractivity contribution in [1.29, 1.82) is 0 Å². The second kappa shape index (κ2) is 7.06. The Morgan fingerprint density at radius 2 is 1.89 bits per heavy atom. The summed E-state index contributed by atoms with van der Waals surface area (Å²) in [6.07, 6.45) is 6.33. The van der Waals surface area contributed by atoms with E-state index in [0.29, 0.717) is 5.57 Å². The summed E-state index contributed by atoms with van der Waals surface area (Å²) in [5, 5.41) is 8.92. The minimum Gasteiger partial charge on any atom is -0.478 e. The molecule has 0 spiro atoms. The summed E-state index contributed by atoms with van der Waals surface area (Å²) in [6.45, 7) is 14.8. The van der Waals surface area contributed by atoms with Crippen molar-refractivity contribution in [3.63, 3.8) is 0 Å². The summed E-state index contributed by atoms with van der Waals surface area (Å²) < 4.78 is 6.21. The summed E-state index contributed by atoms with van der Waals surface area (Å²) in [4.78, 5) is 10.6. The molecular weight excluding hydrogens is 256 g/mol. The van der Waals surface area contributed by atoms with Crippen LogP contribution in [0.5, 0.6) is 0 Å². The molecule has 0 aliphatic carbocycles. The molecule has 0 radical (unpaired) electrons. The van der Waals surface area contributed by atoms with Gasteiger partial charge in [0.05, 0.1) is 0 Å². The molecular formula is C15H28O3Si. The third-order valence-corrected chi connectivity index (χ3v) is 8.19. The molecule has 0 aromatic carbocycles. The minimum absolute atomic E-state index is 0.163. The lowest BCUT2D eigenvalue weighted by Gasteiger charge is -2.38. The molecule has 0 saturated heterocycles. The van der Waals surface area contributed by atoms with E-state index in [2.05, 4.69) is 40.8 Å². The van der Waals surface area contributed by atoms with Gasteiger partial charge in [-0.3, -0.25) is 0 Å². The molecule has 0 aromatic heterocycles. The lowest BCUT2D eigenvalue weighted by atomic mass is 10.2. The number of aliphatic carboxylic acids is 1. The molecule has 0 bridgehead atoms. The molecule has 0 aromatic rings. The average molecular weight is 284 g/mol. The zero-order chi connectivity index (χ0) is 15.3. The van der Waals surface area contributed by atoms with Crippen molar-refractivity contribution in [1.82, 2.24) is 0 Å². The van der Waals surface area contributed by atoms with Crippen molar-refractivity contribution in [2.75, 3.05) is 0 Å². The van der Waals surface area contributed by atoms with Crippen molar-refractivity contribution < 1.29 is 14.3 Å². The lowest BCUT2D eigenvalue weighted by Crippen LogP contribution is -2.43. The highest BCUT2D eigenvalue weighted by molar-refractivity contribution is 6.74. The predicted octanol–water partition coefficient (Wildman–Crippen LogP) is 4.37. The lowest BCUT2D eigenvalue weighted by molar-refractivity contribution is -0.132. The van der Waals surface area contributed by atoms with Gasteiger partial charge in [-0.15, -0.1) is 0 Å². The predicted molar refractivity (Wildman–Crippen MR) is 82.9 cm³/mol. The smallest absolute Gasteiger partial charge is 0.331 e. The Bertz CT molecular complexity index is 362. The fourth-order valence-corrected chi connectivity index (χ4v) is 2.74. The molecule has 0 aliphatic rings. The molecule has 3 nitrogen and oxygen atoms in total. The van der Waals surface area contributed by atoms with Gasteiger partial charge >= 0.3 is 5.97 Å². The monoisotopic (exact) mass is 284 g/mol. The second-order valence-corrected chi connectivity index (χ2v) is 11.3. The first-order chi connectivity index (χ1) is 8.47. The fourth-order valence-electron chi connectivity index (χ4n) is 1.28. The van der Waals surface area contributed by atoms with E-state index in [1.165, 1.54) is 0 Å². The van der Waals surface area contributed by atoms with Crippen molar-refractivity contribution in [3.05, 3.63) is 23.8 Å². The van der Waals surface area contributed by atoms with Crippen LogP contribution in [0.25, 0.3) is 0 Å². The van der Waals surface area contributed by atoms with E-state index in [4.69, 9.17) is 9.53 Å². The van der Waals surface area contributed by atoms with E-state index >= 15 is 0 Å². The molecule has 0 fully saturated rings. The number of carboxylic acids is 1. The maximum Gasteiger partial charge on any atom is 0.331 e. The summed E-state index contributed by atoms with van der Waals surface area (Å²) in [5.74, 6) is -0.879. The largest absolute Gasteiger partial charge is 0.478 e. The Balaban J connectivity index is 4.35. The maximum absolute atomic E-state index is 10.6. The molecule has 1 N–H and O–H groups in total. The molecule has 0 heterocycles. The van der Waals surface area contributed by atoms with Crippen LogP contribution in [-0.4, -0.2) is 25.5 Å². The van der Waals surface area contributed by atoms with Crippen LogP contribution in [0.4, 0.5) is 0 Å². The van der Waals surface area contributed by atoms with E-state index in [0.717, 1.165) is 6.42 Å². The molecule has 0 saturated carbocycles. The number of allylic oxidation sites excluding steroid dienone is 2. The van der Waals surface area contributed by atoms with E-state index < -0.39 is 14.3 Å². The zero-order valence-corrected chi connectivity index (χ0v) is 14.3. The first-order valence-corrected chi connectivity index (χ1v) is 9.62. The highest BCUT2D eigenvalue weighted by atomic mass is 28.4. The van der Waals surface area contributed by atoms with Gasteiger partial charge < -0.3 is 9.53 Å². The van der Waals surface area contributed by atoms with Crippen LogP contribution in [0.1, 0.15) is 41.0 Å². The topological polar surface area (TPSA) is 46.5 Å². The highest BCUT2D eigenvalue weighted by Crippen LogP contribution is 2.37. The van der Waals surface area contributed by atoms with Gasteiger partial charge in [-0.05, 0) is 38.4 Å². The first-order valence-electron chi connectivity index (χ1n) is 6.72. The van der Waals surface area contributed by atoms with Crippen LogP contribution in [0.15, 0.2) is 23.8 Å². The van der Waals surface area contributed by atoms with Gasteiger partial charge in [-0.2, -0.15) is 0 Å².